The quantitative estimate of drug-likeness (QED) is 0.605. The minimum atomic E-state index is -0.676. The zero-order chi connectivity index (χ0) is 15.1. The molecule has 2 aromatic rings. The van der Waals surface area contributed by atoms with Crippen LogP contribution in [-0.2, 0) is 4.79 Å². The van der Waals surface area contributed by atoms with Crippen LogP contribution in [0.3, 0.4) is 0 Å². The number of carbonyl (C=O) groups excluding carboxylic acids is 2. The van der Waals surface area contributed by atoms with Crippen LogP contribution in [0, 0.1) is 0 Å². The maximum atomic E-state index is 12.0. The van der Waals surface area contributed by atoms with Crippen molar-refractivity contribution in [1.29, 1.82) is 0 Å². The van der Waals surface area contributed by atoms with Gasteiger partial charge in [-0.2, -0.15) is 0 Å². The third-order valence-corrected chi connectivity index (χ3v) is 5.35. The first-order valence-corrected chi connectivity index (χ1v) is 8.57. The van der Waals surface area contributed by atoms with E-state index in [1.54, 1.807) is 35.2 Å². The van der Waals surface area contributed by atoms with Crippen molar-refractivity contribution in [3.05, 3.63) is 66.2 Å². The minimum absolute atomic E-state index is 0. The van der Waals surface area contributed by atoms with Crippen molar-refractivity contribution >= 4 is 31.9 Å². The number of hydrogen-bond donors (Lipinski definition) is 1. The van der Waals surface area contributed by atoms with E-state index in [4.69, 9.17) is 0 Å². The first-order chi connectivity index (χ1) is 10.2. The molecule has 0 fully saturated rings. The molecule has 2 aromatic carbocycles. The minimum Gasteiger partial charge on any atom is -0.412 e. The van der Waals surface area contributed by atoms with Crippen molar-refractivity contribution < 1.29 is 26.0 Å². The van der Waals surface area contributed by atoms with Crippen molar-refractivity contribution in [2.75, 3.05) is 13.6 Å². The Kier molecular flexibility index (Phi) is 12.3. The number of carbonyl (C=O) groups is 2. The molecule has 0 spiro atoms. The Morgan fingerprint density at radius 1 is 0.917 bits per heavy atom. The molecule has 0 aromatic heterocycles. The molecule has 0 unspecified atom stereocenters. The third kappa shape index (κ3) is 7.38. The number of hydrogen-bond acceptors (Lipinski definition) is 2. The molecule has 7 nitrogen and oxygen atoms in total. The molecule has 0 aliphatic carbocycles. The molecule has 0 heterocycles. The molecule has 8 heteroatoms. The standard InChI is InChI=1S/C16H16GeN2O2.3H2O/c1-19(17-14-10-6-3-7-11-14)15(20)12-18-16(21)13-8-4-2-5-9-13;;;/h2-11H,12H2,1H3,(H,18,21);3*1H2. The average molecular weight is 395 g/mol. The predicted molar refractivity (Wildman–Crippen MR) is 94.2 cm³/mol. The van der Waals surface area contributed by atoms with Crippen molar-refractivity contribution in [1.82, 2.24) is 9.17 Å². The fourth-order valence-electron chi connectivity index (χ4n) is 1.73. The van der Waals surface area contributed by atoms with Crippen LogP contribution in [0.2, 0.25) is 0 Å². The summed E-state index contributed by atoms with van der Waals surface area (Å²) in [6.07, 6.45) is 0. The normalized spacial score (nSPS) is 8.71. The Labute approximate surface area is 147 Å². The van der Waals surface area contributed by atoms with Crippen LogP contribution < -0.4 is 9.71 Å². The zero-order valence-corrected chi connectivity index (χ0v) is 15.3. The van der Waals surface area contributed by atoms with E-state index in [0.717, 1.165) is 0 Å². The molecule has 0 atom stereocenters. The summed E-state index contributed by atoms with van der Waals surface area (Å²) >= 11 is -0.676. The molecule has 0 saturated carbocycles. The topological polar surface area (TPSA) is 144 Å². The van der Waals surface area contributed by atoms with Gasteiger partial charge in [-0.05, 0) is 0 Å². The number of rotatable bonds is 5. The molecule has 24 heavy (non-hydrogen) atoms. The Bertz CT molecular complexity index is 610. The summed E-state index contributed by atoms with van der Waals surface area (Å²) in [6, 6.07) is 18.8. The first kappa shape index (κ1) is 24.1. The predicted octanol–water partition coefficient (Wildman–Crippen LogP) is -1.65. The van der Waals surface area contributed by atoms with E-state index >= 15 is 0 Å². The molecular weight excluding hydrogens is 373 g/mol. The molecule has 2 amide bonds. The van der Waals surface area contributed by atoms with Crippen LogP contribution in [0.5, 0.6) is 0 Å². The van der Waals surface area contributed by atoms with Crippen molar-refractivity contribution in [2.24, 2.45) is 0 Å². The molecule has 2 radical (unpaired) electrons. The fraction of sp³-hybridized carbons (Fsp3) is 0.125. The van der Waals surface area contributed by atoms with Gasteiger partial charge in [0, 0.05) is 0 Å². The Morgan fingerprint density at radius 3 is 1.96 bits per heavy atom. The van der Waals surface area contributed by atoms with Gasteiger partial charge in [0.25, 0.3) is 0 Å². The second kappa shape index (κ2) is 12.3. The van der Waals surface area contributed by atoms with Gasteiger partial charge >= 0.3 is 130 Å². The molecule has 0 aliphatic heterocycles. The second-order valence-electron chi connectivity index (χ2n) is 4.48. The number of benzene rings is 2. The molecule has 2 rings (SSSR count). The van der Waals surface area contributed by atoms with Gasteiger partial charge in [0.2, 0.25) is 0 Å². The van der Waals surface area contributed by atoms with Gasteiger partial charge in [0.1, 0.15) is 0 Å². The Hall–Kier alpha value is -2.20. The van der Waals surface area contributed by atoms with Gasteiger partial charge in [0.15, 0.2) is 0 Å². The molecule has 130 valence electrons. The molecular formula is C16H22GeN2O5. The first-order valence-electron chi connectivity index (χ1n) is 6.58. The van der Waals surface area contributed by atoms with Crippen LogP contribution >= 0.6 is 0 Å². The van der Waals surface area contributed by atoms with Crippen molar-refractivity contribution in [3.63, 3.8) is 0 Å². The second-order valence-corrected chi connectivity index (χ2v) is 7.57. The molecule has 0 saturated heterocycles. The fourth-order valence-corrected chi connectivity index (χ4v) is 3.69. The summed E-state index contributed by atoms with van der Waals surface area (Å²) in [5.41, 5.74) is 0.562. The number of nitrogens with zero attached hydrogens (tertiary/aromatic N) is 1. The monoisotopic (exact) mass is 396 g/mol. The van der Waals surface area contributed by atoms with E-state index in [-0.39, 0.29) is 34.8 Å². The average Bonchev–Trinajstić information content (AvgIpc) is 2.54. The van der Waals surface area contributed by atoms with Crippen LogP contribution in [0.4, 0.5) is 0 Å². The van der Waals surface area contributed by atoms with Crippen LogP contribution in [0.25, 0.3) is 0 Å². The van der Waals surface area contributed by atoms with Gasteiger partial charge in [-0.3, -0.25) is 0 Å². The number of nitrogens with one attached hydrogen (secondary N) is 1. The van der Waals surface area contributed by atoms with Crippen LogP contribution in [0.15, 0.2) is 60.7 Å². The SMILES string of the molecule is C[N]([Ge][c]1ccccc1)C(=O)CNC(=O)c1ccccc1.O.O.O. The smallest absolute Gasteiger partial charge is 0.412 e. The van der Waals surface area contributed by atoms with Crippen LogP contribution in [0.1, 0.15) is 10.4 Å². The summed E-state index contributed by atoms with van der Waals surface area (Å²) < 4.78 is 2.91. The number of likely N-dealkylation sites (N-methyl/N-ethyl adjacent to an activating group) is 1. The third-order valence-electron chi connectivity index (χ3n) is 2.88. The van der Waals surface area contributed by atoms with E-state index in [2.05, 4.69) is 5.32 Å². The van der Waals surface area contributed by atoms with Gasteiger partial charge in [-0.25, -0.2) is 0 Å². The molecule has 7 N–H and O–H groups in total. The zero-order valence-electron chi connectivity index (χ0n) is 13.2. The summed E-state index contributed by atoms with van der Waals surface area (Å²) in [6.45, 7) is 0.0283. The van der Waals surface area contributed by atoms with Gasteiger partial charge < -0.3 is 16.4 Å². The van der Waals surface area contributed by atoms with Crippen molar-refractivity contribution in [3.8, 4) is 0 Å². The van der Waals surface area contributed by atoms with E-state index in [9.17, 15) is 9.59 Å². The summed E-state index contributed by atoms with van der Waals surface area (Å²) in [7, 11) is 1.78. The van der Waals surface area contributed by atoms with Gasteiger partial charge in [0.05, 0.1) is 0 Å². The maximum absolute atomic E-state index is 12.0. The number of amides is 2. The molecule has 0 bridgehead atoms. The van der Waals surface area contributed by atoms with Crippen molar-refractivity contribution in [2.45, 2.75) is 0 Å². The van der Waals surface area contributed by atoms with E-state index in [0.29, 0.717) is 5.56 Å². The Morgan fingerprint density at radius 2 is 1.42 bits per heavy atom. The largest absolute Gasteiger partial charge is 0.412 e. The maximum Gasteiger partial charge on any atom is -0.412 e. The van der Waals surface area contributed by atoms with Crippen LogP contribution in [-0.4, -0.2) is 61.3 Å². The van der Waals surface area contributed by atoms with Gasteiger partial charge in [-0.15, -0.1) is 0 Å². The van der Waals surface area contributed by atoms with Gasteiger partial charge in [-0.1, -0.05) is 0 Å². The summed E-state index contributed by atoms with van der Waals surface area (Å²) in [4.78, 5) is 23.9. The van der Waals surface area contributed by atoms with E-state index in [1.807, 2.05) is 36.4 Å². The van der Waals surface area contributed by atoms with E-state index in [1.165, 1.54) is 4.40 Å². The summed E-state index contributed by atoms with van der Waals surface area (Å²) in [5, 5.41) is 2.66. The Balaban J connectivity index is 0. The summed E-state index contributed by atoms with van der Waals surface area (Å²) in [5.74, 6) is -0.291. The van der Waals surface area contributed by atoms with E-state index < -0.39 is 15.7 Å². The molecule has 0 aliphatic rings.